The Morgan fingerprint density at radius 2 is 2.07 bits per heavy atom. The van der Waals surface area contributed by atoms with Crippen LogP contribution in [0.3, 0.4) is 0 Å². The average Bonchev–Trinajstić information content (AvgIpc) is 2.67. The summed E-state index contributed by atoms with van der Waals surface area (Å²) < 4.78 is 0. The topological polar surface area (TPSA) is 86.3 Å². The number of carbonyl (C=O) groups excluding carboxylic acids is 1. The van der Waals surface area contributed by atoms with Crippen LogP contribution in [-0.2, 0) is 0 Å². The largest absolute Gasteiger partial charge is 0.477 e. The monoisotopic (exact) mass is 211 g/mol. The Balaban J connectivity index is 3.00. The lowest BCUT2D eigenvalue weighted by Crippen LogP contribution is -2.31. The number of aromatic nitrogens is 2. The number of amides is 1. The van der Waals surface area contributed by atoms with Gasteiger partial charge in [0.05, 0.1) is 6.33 Å². The molecular formula is C9H13N3O3. The third-order valence-electron chi connectivity index (χ3n) is 2.11. The van der Waals surface area contributed by atoms with E-state index in [1.54, 1.807) is 0 Å². The molecule has 0 saturated carbocycles. The van der Waals surface area contributed by atoms with E-state index in [0.29, 0.717) is 13.1 Å². The van der Waals surface area contributed by atoms with E-state index in [2.05, 4.69) is 9.97 Å². The minimum Gasteiger partial charge on any atom is -0.477 e. The Hall–Kier alpha value is -1.85. The summed E-state index contributed by atoms with van der Waals surface area (Å²) in [5.41, 5.74) is -0.196. The maximum atomic E-state index is 11.8. The fraction of sp³-hybridized carbons (Fsp3) is 0.444. The highest BCUT2D eigenvalue weighted by atomic mass is 16.4. The maximum absolute atomic E-state index is 11.8. The van der Waals surface area contributed by atoms with Gasteiger partial charge in [-0.05, 0) is 13.8 Å². The van der Waals surface area contributed by atoms with Gasteiger partial charge < -0.3 is 15.0 Å². The number of carboxylic acid groups (broad SMARTS) is 1. The Bertz CT molecular complexity index is 368. The van der Waals surface area contributed by atoms with E-state index in [0.717, 1.165) is 0 Å². The van der Waals surface area contributed by atoms with Crippen molar-refractivity contribution in [1.82, 2.24) is 14.9 Å². The molecule has 0 radical (unpaired) electrons. The summed E-state index contributed by atoms with van der Waals surface area (Å²) in [4.78, 5) is 30.2. The van der Waals surface area contributed by atoms with Gasteiger partial charge in [0.15, 0.2) is 11.4 Å². The van der Waals surface area contributed by atoms with Crippen molar-refractivity contribution in [2.75, 3.05) is 13.1 Å². The van der Waals surface area contributed by atoms with Crippen molar-refractivity contribution in [3.63, 3.8) is 0 Å². The fourth-order valence-electron chi connectivity index (χ4n) is 1.28. The van der Waals surface area contributed by atoms with Crippen LogP contribution in [0.25, 0.3) is 0 Å². The molecule has 1 aromatic heterocycles. The van der Waals surface area contributed by atoms with E-state index in [9.17, 15) is 9.59 Å². The molecule has 2 N–H and O–H groups in total. The van der Waals surface area contributed by atoms with Crippen molar-refractivity contribution in [2.24, 2.45) is 0 Å². The summed E-state index contributed by atoms with van der Waals surface area (Å²) in [5, 5.41) is 8.79. The quantitative estimate of drug-likeness (QED) is 0.763. The Morgan fingerprint density at radius 3 is 2.53 bits per heavy atom. The number of hydrogen-bond donors (Lipinski definition) is 2. The van der Waals surface area contributed by atoms with E-state index >= 15 is 0 Å². The molecule has 1 aromatic rings. The zero-order valence-electron chi connectivity index (χ0n) is 8.65. The van der Waals surface area contributed by atoms with Crippen LogP contribution in [0.5, 0.6) is 0 Å². The van der Waals surface area contributed by atoms with Crippen molar-refractivity contribution in [3.05, 3.63) is 17.7 Å². The van der Waals surface area contributed by atoms with E-state index < -0.39 is 5.97 Å². The standard InChI is InChI=1S/C9H13N3O3/c1-3-12(4-2)8(13)6-7(9(14)15)11-5-10-6/h5H,3-4H2,1-2H3,(H,10,11)(H,14,15). The highest BCUT2D eigenvalue weighted by Gasteiger charge is 2.22. The van der Waals surface area contributed by atoms with Crippen molar-refractivity contribution < 1.29 is 14.7 Å². The third-order valence-corrected chi connectivity index (χ3v) is 2.11. The fourth-order valence-corrected chi connectivity index (χ4v) is 1.28. The summed E-state index contributed by atoms with van der Waals surface area (Å²) >= 11 is 0. The van der Waals surface area contributed by atoms with E-state index in [-0.39, 0.29) is 17.3 Å². The van der Waals surface area contributed by atoms with Crippen molar-refractivity contribution in [3.8, 4) is 0 Å². The highest BCUT2D eigenvalue weighted by molar-refractivity contribution is 6.02. The number of imidazole rings is 1. The molecule has 82 valence electrons. The molecule has 0 aliphatic carbocycles. The summed E-state index contributed by atoms with van der Waals surface area (Å²) in [5.74, 6) is -1.54. The lowest BCUT2D eigenvalue weighted by Gasteiger charge is -2.17. The second kappa shape index (κ2) is 4.59. The highest BCUT2D eigenvalue weighted by Crippen LogP contribution is 2.06. The second-order valence-corrected chi connectivity index (χ2v) is 2.91. The predicted octanol–water partition coefficient (Wildman–Crippen LogP) is 0.590. The second-order valence-electron chi connectivity index (χ2n) is 2.91. The molecule has 0 spiro atoms. The van der Waals surface area contributed by atoms with Gasteiger partial charge in [-0.15, -0.1) is 0 Å². The normalized spacial score (nSPS) is 10.0. The zero-order valence-corrected chi connectivity index (χ0v) is 8.65. The first-order valence-corrected chi connectivity index (χ1v) is 4.67. The smallest absolute Gasteiger partial charge is 0.354 e. The van der Waals surface area contributed by atoms with Gasteiger partial charge in [-0.3, -0.25) is 4.79 Å². The Morgan fingerprint density at radius 1 is 1.47 bits per heavy atom. The molecular weight excluding hydrogens is 198 g/mol. The van der Waals surface area contributed by atoms with E-state index in [1.807, 2.05) is 13.8 Å². The van der Waals surface area contributed by atoms with Crippen LogP contribution in [0, 0.1) is 0 Å². The molecule has 0 aromatic carbocycles. The first-order valence-electron chi connectivity index (χ1n) is 4.67. The number of H-pyrrole nitrogens is 1. The first kappa shape index (κ1) is 11.2. The maximum Gasteiger partial charge on any atom is 0.354 e. The summed E-state index contributed by atoms with van der Waals surface area (Å²) in [6.45, 7) is 4.71. The van der Waals surface area contributed by atoms with Crippen molar-refractivity contribution >= 4 is 11.9 Å². The molecule has 0 saturated heterocycles. The molecule has 6 heteroatoms. The molecule has 6 nitrogen and oxygen atoms in total. The van der Waals surface area contributed by atoms with Gasteiger partial charge in [0, 0.05) is 13.1 Å². The zero-order chi connectivity index (χ0) is 11.4. The SMILES string of the molecule is CCN(CC)C(=O)c1nc[nH]c1C(=O)O. The molecule has 0 atom stereocenters. The number of rotatable bonds is 4. The molecule has 1 rings (SSSR count). The predicted molar refractivity (Wildman–Crippen MR) is 52.8 cm³/mol. The lowest BCUT2D eigenvalue weighted by atomic mass is 10.3. The van der Waals surface area contributed by atoms with Crippen LogP contribution in [0.1, 0.15) is 34.8 Å². The summed E-state index contributed by atoms with van der Waals surface area (Å²) in [6.07, 6.45) is 1.21. The van der Waals surface area contributed by atoms with Crippen molar-refractivity contribution in [2.45, 2.75) is 13.8 Å². The average molecular weight is 211 g/mol. The van der Waals surface area contributed by atoms with Gasteiger partial charge in [-0.1, -0.05) is 0 Å². The van der Waals surface area contributed by atoms with Crippen molar-refractivity contribution in [1.29, 1.82) is 0 Å². The number of nitrogens with zero attached hydrogens (tertiary/aromatic N) is 2. The molecule has 1 amide bonds. The molecule has 0 unspecified atom stereocenters. The van der Waals surface area contributed by atoms with Crippen LogP contribution >= 0.6 is 0 Å². The number of aromatic carboxylic acids is 1. The number of nitrogens with one attached hydrogen (secondary N) is 1. The van der Waals surface area contributed by atoms with Crippen LogP contribution < -0.4 is 0 Å². The minimum atomic E-state index is -1.18. The number of carbonyl (C=O) groups is 2. The Labute approximate surface area is 86.9 Å². The number of carboxylic acids is 1. The first-order chi connectivity index (χ1) is 7.11. The molecule has 0 bridgehead atoms. The molecule has 1 heterocycles. The van der Waals surface area contributed by atoms with Gasteiger partial charge in [-0.2, -0.15) is 0 Å². The number of hydrogen-bond acceptors (Lipinski definition) is 3. The van der Waals surface area contributed by atoms with Gasteiger partial charge in [0.25, 0.3) is 5.91 Å². The van der Waals surface area contributed by atoms with Gasteiger partial charge in [0.1, 0.15) is 0 Å². The lowest BCUT2D eigenvalue weighted by molar-refractivity contribution is 0.0671. The Kier molecular flexibility index (Phi) is 3.43. The molecule has 0 aliphatic rings. The van der Waals surface area contributed by atoms with Gasteiger partial charge in [0.2, 0.25) is 0 Å². The van der Waals surface area contributed by atoms with E-state index in [4.69, 9.17) is 5.11 Å². The molecule has 0 fully saturated rings. The van der Waals surface area contributed by atoms with Gasteiger partial charge in [-0.25, -0.2) is 9.78 Å². The minimum absolute atomic E-state index is 0.0359. The molecule has 15 heavy (non-hydrogen) atoms. The van der Waals surface area contributed by atoms with E-state index in [1.165, 1.54) is 11.2 Å². The number of aromatic amines is 1. The molecule has 0 aliphatic heterocycles. The van der Waals surface area contributed by atoms with Crippen LogP contribution in [0.2, 0.25) is 0 Å². The van der Waals surface area contributed by atoms with Crippen LogP contribution in [-0.4, -0.2) is 44.9 Å². The van der Waals surface area contributed by atoms with Crippen LogP contribution in [0.15, 0.2) is 6.33 Å². The summed E-state index contributed by atoms with van der Waals surface area (Å²) in [6, 6.07) is 0. The summed E-state index contributed by atoms with van der Waals surface area (Å²) in [7, 11) is 0. The van der Waals surface area contributed by atoms with Crippen LogP contribution in [0.4, 0.5) is 0 Å². The third kappa shape index (κ3) is 2.15. The van der Waals surface area contributed by atoms with Gasteiger partial charge >= 0.3 is 5.97 Å².